The first-order chi connectivity index (χ1) is 9.79. The third kappa shape index (κ3) is 2.47. The van der Waals surface area contributed by atoms with Crippen LogP contribution in [0.25, 0.3) is 11.2 Å². The summed E-state index contributed by atoms with van der Waals surface area (Å²) >= 11 is 0. The second-order valence-electron chi connectivity index (χ2n) is 5.41. The van der Waals surface area contributed by atoms with Gasteiger partial charge in [-0.05, 0) is 25.9 Å². The number of rotatable bonds is 4. The van der Waals surface area contributed by atoms with Gasteiger partial charge in [-0.2, -0.15) is 0 Å². The summed E-state index contributed by atoms with van der Waals surface area (Å²) in [5.41, 5.74) is 1.73. The van der Waals surface area contributed by atoms with Crippen LogP contribution in [0.1, 0.15) is 26.2 Å². The quantitative estimate of drug-likeness (QED) is 0.918. The Morgan fingerprint density at radius 3 is 3.05 bits per heavy atom. The second-order valence-corrected chi connectivity index (χ2v) is 5.41. The van der Waals surface area contributed by atoms with E-state index in [1.165, 1.54) is 25.8 Å². The fourth-order valence-electron chi connectivity index (χ4n) is 3.00. The highest BCUT2D eigenvalue weighted by Gasteiger charge is 2.21. The molecule has 0 saturated carbocycles. The van der Waals surface area contributed by atoms with Crippen molar-refractivity contribution in [3.8, 4) is 0 Å². The van der Waals surface area contributed by atoms with Crippen LogP contribution in [0.15, 0.2) is 12.7 Å². The molecule has 3 rings (SSSR count). The van der Waals surface area contributed by atoms with Crippen LogP contribution >= 0.6 is 0 Å². The lowest BCUT2D eigenvalue weighted by Gasteiger charge is -2.35. The van der Waals surface area contributed by atoms with Gasteiger partial charge < -0.3 is 9.88 Å². The van der Waals surface area contributed by atoms with E-state index in [-0.39, 0.29) is 0 Å². The summed E-state index contributed by atoms with van der Waals surface area (Å²) in [7, 11) is 1.95. The van der Waals surface area contributed by atoms with E-state index in [1.807, 2.05) is 11.6 Å². The lowest BCUT2D eigenvalue weighted by molar-refractivity contribution is 0.164. The van der Waals surface area contributed by atoms with Gasteiger partial charge in [0.2, 0.25) is 0 Å². The van der Waals surface area contributed by atoms with Gasteiger partial charge in [-0.1, -0.05) is 13.3 Å². The molecule has 0 amide bonds. The smallest absolute Gasteiger partial charge is 0.165 e. The lowest BCUT2D eigenvalue weighted by Crippen LogP contribution is -2.43. The standard InChI is InChI=1S/C14H22N6/c1-3-20-7-5-4-6-11(20)8-15-13-12-14(17-9-16-13)19(2)10-18-12/h9-11H,3-8H2,1-2H3,(H,15,16,17)/t11-/m1/s1. The van der Waals surface area contributed by atoms with E-state index < -0.39 is 0 Å². The molecule has 1 aliphatic rings. The van der Waals surface area contributed by atoms with Crippen molar-refractivity contribution in [2.24, 2.45) is 7.05 Å². The van der Waals surface area contributed by atoms with Gasteiger partial charge in [0.15, 0.2) is 11.5 Å². The highest BCUT2D eigenvalue weighted by molar-refractivity contribution is 5.82. The van der Waals surface area contributed by atoms with E-state index in [4.69, 9.17) is 0 Å². The Morgan fingerprint density at radius 1 is 1.30 bits per heavy atom. The number of aryl methyl sites for hydroxylation is 1. The fourth-order valence-corrected chi connectivity index (χ4v) is 3.00. The molecule has 3 heterocycles. The van der Waals surface area contributed by atoms with Crippen LogP contribution in [-0.2, 0) is 7.05 Å². The van der Waals surface area contributed by atoms with Crippen molar-refractivity contribution in [1.29, 1.82) is 0 Å². The maximum atomic E-state index is 4.38. The minimum atomic E-state index is 0.600. The summed E-state index contributed by atoms with van der Waals surface area (Å²) in [6.45, 7) is 5.50. The van der Waals surface area contributed by atoms with Crippen molar-refractivity contribution in [2.75, 3.05) is 25.0 Å². The number of piperidine rings is 1. The van der Waals surface area contributed by atoms with Crippen LogP contribution in [0.3, 0.4) is 0 Å². The summed E-state index contributed by atoms with van der Waals surface area (Å²) < 4.78 is 1.92. The van der Waals surface area contributed by atoms with E-state index >= 15 is 0 Å². The van der Waals surface area contributed by atoms with Crippen molar-refractivity contribution in [3.05, 3.63) is 12.7 Å². The molecule has 1 saturated heterocycles. The van der Waals surface area contributed by atoms with E-state index in [9.17, 15) is 0 Å². The lowest BCUT2D eigenvalue weighted by atomic mass is 10.0. The zero-order chi connectivity index (χ0) is 13.9. The number of anilines is 1. The average Bonchev–Trinajstić information content (AvgIpc) is 2.88. The first-order valence-corrected chi connectivity index (χ1v) is 7.39. The molecule has 1 aliphatic heterocycles. The van der Waals surface area contributed by atoms with Gasteiger partial charge in [0.05, 0.1) is 6.33 Å². The predicted molar refractivity (Wildman–Crippen MR) is 79.7 cm³/mol. The number of aromatic nitrogens is 4. The molecular weight excluding hydrogens is 252 g/mol. The molecule has 0 spiro atoms. The summed E-state index contributed by atoms with van der Waals surface area (Å²) in [6, 6.07) is 0.600. The van der Waals surface area contributed by atoms with E-state index in [2.05, 4.69) is 32.1 Å². The Kier molecular flexibility index (Phi) is 3.82. The molecule has 1 fully saturated rings. The van der Waals surface area contributed by atoms with Gasteiger partial charge in [-0.3, -0.25) is 4.90 Å². The fraction of sp³-hybridized carbons (Fsp3) is 0.643. The number of likely N-dealkylation sites (N-methyl/N-ethyl adjacent to an activating group) is 1. The van der Waals surface area contributed by atoms with E-state index in [1.54, 1.807) is 12.7 Å². The number of hydrogen-bond donors (Lipinski definition) is 1. The molecule has 0 aliphatic carbocycles. The Labute approximate surface area is 119 Å². The molecule has 6 nitrogen and oxygen atoms in total. The molecule has 2 aromatic heterocycles. The molecule has 0 unspecified atom stereocenters. The Bertz CT molecular complexity index is 578. The Balaban J connectivity index is 1.73. The number of nitrogens with one attached hydrogen (secondary N) is 1. The maximum Gasteiger partial charge on any atom is 0.165 e. The summed E-state index contributed by atoms with van der Waals surface area (Å²) in [4.78, 5) is 15.5. The SMILES string of the molecule is CCN1CCCC[C@@H]1CNc1ncnc2c1ncn2C. The van der Waals surface area contributed by atoms with E-state index in [0.717, 1.165) is 30.1 Å². The third-order valence-electron chi connectivity index (χ3n) is 4.16. The molecule has 0 aromatic carbocycles. The highest BCUT2D eigenvalue weighted by atomic mass is 15.2. The van der Waals surface area contributed by atoms with Crippen LogP contribution in [0.5, 0.6) is 0 Å². The Morgan fingerprint density at radius 2 is 2.20 bits per heavy atom. The van der Waals surface area contributed by atoms with Crippen molar-refractivity contribution in [1.82, 2.24) is 24.4 Å². The van der Waals surface area contributed by atoms with Crippen molar-refractivity contribution < 1.29 is 0 Å². The first-order valence-electron chi connectivity index (χ1n) is 7.39. The number of hydrogen-bond acceptors (Lipinski definition) is 5. The first kappa shape index (κ1) is 13.3. The number of likely N-dealkylation sites (tertiary alicyclic amines) is 1. The van der Waals surface area contributed by atoms with Crippen LogP contribution < -0.4 is 5.32 Å². The van der Waals surface area contributed by atoms with Gasteiger partial charge in [0.1, 0.15) is 11.8 Å². The third-order valence-corrected chi connectivity index (χ3v) is 4.16. The largest absolute Gasteiger partial charge is 0.367 e. The van der Waals surface area contributed by atoms with Crippen LogP contribution in [-0.4, -0.2) is 50.1 Å². The molecule has 108 valence electrons. The molecule has 2 aromatic rings. The van der Waals surface area contributed by atoms with Crippen LogP contribution in [0.2, 0.25) is 0 Å². The normalized spacial score (nSPS) is 20.4. The number of imidazole rings is 1. The van der Waals surface area contributed by atoms with Gasteiger partial charge in [0, 0.05) is 19.6 Å². The minimum Gasteiger partial charge on any atom is -0.367 e. The molecule has 0 radical (unpaired) electrons. The molecule has 20 heavy (non-hydrogen) atoms. The zero-order valence-electron chi connectivity index (χ0n) is 12.2. The van der Waals surface area contributed by atoms with Crippen molar-refractivity contribution >= 4 is 17.0 Å². The number of fused-ring (bicyclic) bond motifs is 1. The van der Waals surface area contributed by atoms with Gasteiger partial charge in [0.25, 0.3) is 0 Å². The molecule has 1 N–H and O–H groups in total. The minimum absolute atomic E-state index is 0.600. The predicted octanol–water partition coefficient (Wildman–Crippen LogP) is 1.65. The van der Waals surface area contributed by atoms with Gasteiger partial charge in [-0.15, -0.1) is 0 Å². The van der Waals surface area contributed by atoms with Gasteiger partial charge >= 0.3 is 0 Å². The summed E-state index contributed by atoms with van der Waals surface area (Å²) in [5, 5.41) is 3.47. The monoisotopic (exact) mass is 274 g/mol. The molecule has 1 atom stereocenters. The summed E-state index contributed by atoms with van der Waals surface area (Å²) in [5.74, 6) is 0.845. The molecule has 6 heteroatoms. The van der Waals surface area contributed by atoms with Crippen LogP contribution in [0.4, 0.5) is 5.82 Å². The molecule has 0 bridgehead atoms. The van der Waals surface area contributed by atoms with Crippen LogP contribution in [0, 0.1) is 0 Å². The highest BCUT2D eigenvalue weighted by Crippen LogP contribution is 2.19. The second kappa shape index (κ2) is 5.75. The van der Waals surface area contributed by atoms with Crippen molar-refractivity contribution in [3.63, 3.8) is 0 Å². The Hall–Kier alpha value is -1.69. The summed E-state index contributed by atoms with van der Waals surface area (Å²) in [6.07, 6.45) is 7.29. The zero-order valence-corrected chi connectivity index (χ0v) is 12.2. The molecular formula is C14H22N6. The number of nitrogens with zero attached hydrogens (tertiary/aromatic N) is 5. The van der Waals surface area contributed by atoms with Crippen molar-refractivity contribution in [2.45, 2.75) is 32.2 Å². The topological polar surface area (TPSA) is 58.9 Å². The van der Waals surface area contributed by atoms with E-state index in [0.29, 0.717) is 6.04 Å². The average molecular weight is 274 g/mol. The van der Waals surface area contributed by atoms with Gasteiger partial charge in [-0.25, -0.2) is 15.0 Å². The maximum absolute atomic E-state index is 4.38.